The summed E-state index contributed by atoms with van der Waals surface area (Å²) >= 11 is 0. The van der Waals surface area contributed by atoms with Gasteiger partial charge in [-0.05, 0) is 107 Å². The SMILES string of the molecule is C/C=C1/CC[C@H]2[C@@H]3CC[C@H]4C[C@](C)(O)CC[C@@H]4[C@H]3CC[C@]12C. The van der Waals surface area contributed by atoms with Crippen LogP contribution in [0.1, 0.15) is 78.6 Å². The van der Waals surface area contributed by atoms with Gasteiger partial charge in [0.15, 0.2) is 0 Å². The lowest BCUT2D eigenvalue weighted by Gasteiger charge is -2.56. The second-order valence-electron chi connectivity index (χ2n) is 9.48. The molecule has 4 aliphatic rings. The zero-order valence-corrected chi connectivity index (χ0v) is 14.8. The van der Waals surface area contributed by atoms with Crippen molar-refractivity contribution in [3.05, 3.63) is 11.6 Å². The Hall–Kier alpha value is -0.300. The van der Waals surface area contributed by atoms with Gasteiger partial charge in [-0.15, -0.1) is 0 Å². The van der Waals surface area contributed by atoms with E-state index in [0.29, 0.717) is 5.41 Å². The Morgan fingerprint density at radius 3 is 2.50 bits per heavy atom. The monoisotopic (exact) mass is 302 g/mol. The Labute approximate surface area is 136 Å². The van der Waals surface area contributed by atoms with Crippen molar-refractivity contribution in [1.29, 1.82) is 0 Å². The van der Waals surface area contributed by atoms with Gasteiger partial charge in [-0.1, -0.05) is 18.6 Å². The fourth-order valence-electron chi connectivity index (χ4n) is 7.40. The first-order valence-corrected chi connectivity index (χ1v) is 9.83. The molecule has 0 bridgehead atoms. The van der Waals surface area contributed by atoms with E-state index >= 15 is 0 Å². The molecule has 22 heavy (non-hydrogen) atoms. The van der Waals surface area contributed by atoms with Gasteiger partial charge in [0.25, 0.3) is 0 Å². The number of hydrogen-bond donors (Lipinski definition) is 1. The minimum absolute atomic E-state index is 0.372. The second-order valence-corrected chi connectivity index (χ2v) is 9.48. The van der Waals surface area contributed by atoms with Gasteiger partial charge in [-0.25, -0.2) is 0 Å². The average molecular weight is 303 g/mol. The smallest absolute Gasteiger partial charge is 0.0622 e. The quantitative estimate of drug-likeness (QED) is 0.599. The molecular weight excluding hydrogens is 268 g/mol. The van der Waals surface area contributed by atoms with Crippen LogP contribution in [0.5, 0.6) is 0 Å². The molecule has 0 radical (unpaired) electrons. The molecule has 0 unspecified atom stereocenters. The number of allylic oxidation sites excluding steroid dienone is 2. The Morgan fingerprint density at radius 2 is 1.73 bits per heavy atom. The summed E-state index contributed by atoms with van der Waals surface area (Å²) in [5, 5.41) is 10.5. The maximum Gasteiger partial charge on any atom is 0.0622 e. The summed E-state index contributed by atoms with van der Waals surface area (Å²) in [6.45, 7) is 6.91. The fourth-order valence-corrected chi connectivity index (χ4v) is 7.40. The third kappa shape index (κ3) is 2.14. The summed E-state index contributed by atoms with van der Waals surface area (Å²) in [4.78, 5) is 0. The Bertz CT molecular complexity index is 476. The predicted octanol–water partition coefficient (Wildman–Crippen LogP) is 5.34. The van der Waals surface area contributed by atoms with E-state index in [1.54, 1.807) is 5.57 Å². The van der Waals surface area contributed by atoms with E-state index in [1.165, 1.54) is 44.9 Å². The van der Waals surface area contributed by atoms with Crippen LogP contribution in [0.2, 0.25) is 0 Å². The molecule has 0 saturated heterocycles. The molecule has 1 N–H and O–H groups in total. The molecule has 0 aromatic heterocycles. The maximum atomic E-state index is 10.5. The summed E-state index contributed by atoms with van der Waals surface area (Å²) in [6.07, 6.45) is 14.4. The molecule has 4 fully saturated rings. The third-order valence-corrected chi connectivity index (χ3v) is 8.43. The van der Waals surface area contributed by atoms with E-state index in [4.69, 9.17) is 0 Å². The lowest BCUT2D eigenvalue weighted by atomic mass is 9.49. The van der Waals surface area contributed by atoms with Crippen molar-refractivity contribution in [2.45, 2.75) is 84.2 Å². The van der Waals surface area contributed by atoms with Gasteiger partial charge in [0.1, 0.15) is 0 Å². The van der Waals surface area contributed by atoms with E-state index < -0.39 is 0 Å². The van der Waals surface area contributed by atoms with Crippen LogP contribution in [0.4, 0.5) is 0 Å². The molecule has 0 aliphatic heterocycles. The van der Waals surface area contributed by atoms with Gasteiger partial charge in [0.2, 0.25) is 0 Å². The minimum Gasteiger partial charge on any atom is -0.390 e. The molecule has 0 spiro atoms. The summed E-state index contributed by atoms with van der Waals surface area (Å²) < 4.78 is 0. The lowest BCUT2D eigenvalue weighted by molar-refractivity contribution is -0.0899. The Morgan fingerprint density at radius 1 is 0.955 bits per heavy atom. The number of rotatable bonds is 0. The van der Waals surface area contributed by atoms with E-state index in [1.807, 2.05) is 0 Å². The fraction of sp³-hybridized carbons (Fsp3) is 0.905. The third-order valence-electron chi connectivity index (χ3n) is 8.43. The van der Waals surface area contributed by atoms with Crippen LogP contribution in [0.25, 0.3) is 0 Å². The Balaban J connectivity index is 1.57. The van der Waals surface area contributed by atoms with E-state index in [9.17, 15) is 5.11 Å². The standard InChI is InChI=1S/C21H34O/c1-4-15-6-8-19-18-7-5-14-13-20(2,22)11-9-16(14)17(18)10-12-21(15,19)3/h4,14,16-19,22H,5-13H2,1-3H3/b15-4-/t14-,16-,17+,18+,19-,20+,21+/m0/s1. The van der Waals surface area contributed by atoms with E-state index in [-0.39, 0.29) is 5.60 Å². The first-order chi connectivity index (χ1) is 10.4. The van der Waals surface area contributed by atoms with E-state index in [0.717, 1.165) is 42.4 Å². The molecule has 4 saturated carbocycles. The normalized spacial score (nSPS) is 56.4. The largest absolute Gasteiger partial charge is 0.390 e. The van der Waals surface area contributed by atoms with Gasteiger partial charge in [0.05, 0.1) is 5.60 Å². The van der Waals surface area contributed by atoms with Crippen molar-refractivity contribution < 1.29 is 5.11 Å². The number of hydrogen-bond acceptors (Lipinski definition) is 1. The molecule has 0 heterocycles. The minimum atomic E-state index is -0.372. The predicted molar refractivity (Wildman–Crippen MR) is 91.5 cm³/mol. The van der Waals surface area contributed by atoms with Crippen LogP contribution in [-0.4, -0.2) is 10.7 Å². The van der Waals surface area contributed by atoms with Crippen LogP contribution < -0.4 is 0 Å². The Kier molecular flexibility index (Phi) is 3.53. The highest BCUT2D eigenvalue weighted by atomic mass is 16.3. The summed E-state index contributed by atoms with van der Waals surface area (Å²) in [7, 11) is 0. The van der Waals surface area contributed by atoms with Crippen molar-refractivity contribution in [2.75, 3.05) is 0 Å². The second kappa shape index (κ2) is 5.10. The molecule has 1 nitrogen and oxygen atoms in total. The lowest BCUT2D eigenvalue weighted by Crippen LogP contribution is -2.49. The molecule has 0 amide bonds. The number of aliphatic hydroxyl groups is 1. The van der Waals surface area contributed by atoms with Gasteiger partial charge >= 0.3 is 0 Å². The maximum absolute atomic E-state index is 10.5. The molecule has 4 aliphatic carbocycles. The topological polar surface area (TPSA) is 20.2 Å². The van der Waals surface area contributed by atoms with Crippen LogP contribution >= 0.6 is 0 Å². The molecule has 124 valence electrons. The van der Waals surface area contributed by atoms with Crippen molar-refractivity contribution in [3.63, 3.8) is 0 Å². The van der Waals surface area contributed by atoms with Crippen LogP contribution in [0.3, 0.4) is 0 Å². The van der Waals surface area contributed by atoms with Crippen LogP contribution in [-0.2, 0) is 0 Å². The zero-order chi connectivity index (χ0) is 15.5. The highest BCUT2D eigenvalue weighted by molar-refractivity contribution is 5.23. The van der Waals surface area contributed by atoms with Gasteiger partial charge in [-0.3, -0.25) is 0 Å². The van der Waals surface area contributed by atoms with Crippen molar-refractivity contribution in [2.24, 2.45) is 35.0 Å². The molecule has 4 rings (SSSR count). The first-order valence-electron chi connectivity index (χ1n) is 9.83. The molecule has 1 heteroatoms. The zero-order valence-electron chi connectivity index (χ0n) is 14.8. The summed E-state index contributed by atoms with van der Waals surface area (Å²) in [6, 6.07) is 0. The molecule has 7 atom stereocenters. The number of fused-ring (bicyclic) bond motifs is 5. The molecular formula is C21H34O. The van der Waals surface area contributed by atoms with Gasteiger partial charge in [-0.2, -0.15) is 0 Å². The van der Waals surface area contributed by atoms with Gasteiger partial charge in [0, 0.05) is 0 Å². The summed E-state index contributed by atoms with van der Waals surface area (Å²) in [5.74, 6) is 4.67. The van der Waals surface area contributed by atoms with Crippen LogP contribution in [0, 0.1) is 35.0 Å². The molecule has 0 aromatic rings. The van der Waals surface area contributed by atoms with E-state index in [2.05, 4.69) is 26.8 Å². The highest BCUT2D eigenvalue weighted by Crippen LogP contribution is 2.64. The summed E-state index contributed by atoms with van der Waals surface area (Å²) in [5.41, 5.74) is 1.93. The van der Waals surface area contributed by atoms with Crippen molar-refractivity contribution in [3.8, 4) is 0 Å². The van der Waals surface area contributed by atoms with Gasteiger partial charge < -0.3 is 5.11 Å². The van der Waals surface area contributed by atoms with Crippen molar-refractivity contribution in [1.82, 2.24) is 0 Å². The first kappa shape index (κ1) is 15.2. The van der Waals surface area contributed by atoms with Crippen molar-refractivity contribution >= 4 is 0 Å². The average Bonchev–Trinajstić information content (AvgIpc) is 2.82. The molecule has 0 aromatic carbocycles. The van der Waals surface area contributed by atoms with Crippen LogP contribution in [0.15, 0.2) is 11.6 Å². The highest BCUT2D eigenvalue weighted by Gasteiger charge is 2.55.